The molecule has 0 aromatic carbocycles. The number of carbonyl (C=O) groups excluding carboxylic acids is 2. The highest BCUT2D eigenvalue weighted by molar-refractivity contribution is 6.00. The highest BCUT2D eigenvalue weighted by atomic mass is 16.2. The molecule has 2 saturated carbocycles. The third kappa shape index (κ3) is 5.21. The smallest absolute Gasteiger partial charge is 0.270 e. The first kappa shape index (κ1) is 23.1. The maximum atomic E-state index is 13.5. The third-order valence-electron chi connectivity index (χ3n) is 6.81. The summed E-state index contributed by atoms with van der Waals surface area (Å²) in [5.74, 6) is 0.506. The second kappa shape index (κ2) is 9.52. The highest BCUT2D eigenvalue weighted by Crippen LogP contribution is 2.50. The van der Waals surface area contributed by atoms with Crippen molar-refractivity contribution in [2.75, 3.05) is 5.32 Å². The van der Waals surface area contributed by atoms with E-state index in [0.29, 0.717) is 28.8 Å². The van der Waals surface area contributed by atoms with Crippen LogP contribution in [0.4, 0.5) is 5.69 Å². The summed E-state index contributed by atoms with van der Waals surface area (Å²) in [5.41, 5.74) is 1.37. The molecule has 0 radical (unpaired) electrons. The van der Waals surface area contributed by atoms with E-state index in [1.165, 1.54) is 0 Å². The molecule has 2 amide bonds. The average Bonchev–Trinajstić information content (AvgIpc) is 3.75. The molecule has 0 aliphatic heterocycles. The van der Waals surface area contributed by atoms with Gasteiger partial charge in [-0.1, -0.05) is 6.07 Å². The second-order valence-corrected chi connectivity index (χ2v) is 9.90. The zero-order chi connectivity index (χ0) is 24.5. The quantitative estimate of drug-likeness (QED) is 0.414. The largest absolute Gasteiger partial charge is 0.339 e. The summed E-state index contributed by atoms with van der Waals surface area (Å²) in [4.78, 5) is 41.4. The van der Waals surface area contributed by atoms with Crippen LogP contribution in [0.3, 0.4) is 0 Å². The Balaban J connectivity index is 1.33. The number of aromatic nitrogens is 5. The first-order valence-electron chi connectivity index (χ1n) is 12.2. The van der Waals surface area contributed by atoms with Crippen LogP contribution in [-0.2, 0) is 11.3 Å². The van der Waals surface area contributed by atoms with Crippen LogP contribution in [0, 0.1) is 17.8 Å². The van der Waals surface area contributed by atoms with Gasteiger partial charge in [0.1, 0.15) is 11.7 Å². The van der Waals surface area contributed by atoms with Crippen LogP contribution in [0.15, 0.2) is 47.8 Å². The molecular formula is C25H31N7O3. The van der Waals surface area contributed by atoms with E-state index in [-0.39, 0.29) is 35.9 Å². The fraction of sp³-hybridized carbons (Fsp3) is 0.480. The molecule has 2 aliphatic rings. The van der Waals surface area contributed by atoms with Gasteiger partial charge in [0, 0.05) is 30.2 Å². The van der Waals surface area contributed by atoms with E-state index in [1.54, 1.807) is 52.4 Å². The first-order valence-corrected chi connectivity index (χ1v) is 12.2. The van der Waals surface area contributed by atoms with Crippen LogP contribution in [0.5, 0.6) is 0 Å². The lowest BCUT2D eigenvalue weighted by Crippen LogP contribution is -2.50. The maximum Gasteiger partial charge on any atom is 0.270 e. The highest BCUT2D eigenvalue weighted by Gasteiger charge is 2.48. The van der Waals surface area contributed by atoms with E-state index >= 15 is 0 Å². The maximum absolute atomic E-state index is 13.5. The Kier molecular flexibility index (Phi) is 6.27. The van der Waals surface area contributed by atoms with E-state index < -0.39 is 6.04 Å². The molecule has 2 fully saturated rings. The summed E-state index contributed by atoms with van der Waals surface area (Å²) in [6.45, 7) is 4.22. The molecule has 10 heteroatoms. The van der Waals surface area contributed by atoms with Gasteiger partial charge in [-0.05, 0) is 69.4 Å². The molecule has 184 valence electrons. The molecule has 0 spiro atoms. The zero-order valence-electron chi connectivity index (χ0n) is 20.0. The van der Waals surface area contributed by atoms with Crippen LogP contribution >= 0.6 is 0 Å². The van der Waals surface area contributed by atoms with Gasteiger partial charge in [0.05, 0.1) is 18.4 Å². The van der Waals surface area contributed by atoms with E-state index in [4.69, 9.17) is 0 Å². The Hall–Kier alpha value is -3.69. The number of rotatable bonds is 10. The molecule has 3 N–H and O–H groups in total. The first-order chi connectivity index (χ1) is 16.9. The van der Waals surface area contributed by atoms with E-state index in [9.17, 15) is 14.4 Å². The topological polar surface area (TPSA) is 127 Å². The minimum Gasteiger partial charge on any atom is -0.339 e. The van der Waals surface area contributed by atoms with E-state index in [0.717, 1.165) is 25.7 Å². The standard InChI is InChI=1S/C25H31N7O3/c1-15(2)32-20(9-11-27-32)24(34)30-22(21(16-5-6-16)17-7-8-17)25(35)29-19-12-28-31(14-19)13-18-4-3-10-26-23(18)33/h3-4,9-12,14-17,21-22H,5-8,13H2,1-2H3,(H,26,33)(H,29,35)(H,30,34)/t22-/m0/s1. The van der Waals surface area contributed by atoms with Gasteiger partial charge in [0.2, 0.25) is 5.91 Å². The van der Waals surface area contributed by atoms with Crippen LogP contribution in [0.1, 0.15) is 61.6 Å². The lowest BCUT2D eigenvalue weighted by atomic mass is 9.88. The lowest BCUT2D eigenvalue weighted by molar-refractivity contribution is -0.119. The summed E-state index contributed by atoms with van der Waals surface area (Å²) in [6, 6.07) is 4.57. The number of H-pyrrole nitrogens is 1. The number of pyridine rings is 1. The number of nitrogens with one attached hydrogen (secondary N) is 3. The predicted octanol–water partition coefficient (Wildman–Crippen LogP) is 2.57. The molecule has 3 aromatic rings. The fourth-order valence-electron chi connectivity index (χ4n) is 4.84. The minimum absolute atomic E-state index is 0.0309. The average molecular weight is 478 g/mol. The number of amides is 2. The van der Waals surface area contributed by atoms with Crippen molar-refractivity contribution in [2.45, 2.75) is 58.2 Å². The monoisotopic (exact) mass is 477 g/mol. The molecule has 5 rings (SSSR count). The number of hydrogen-bond acceptors (Lipinski definition) is 5. The van der Waals surface area contributed by atoms with Gasteiger partial charge in [0.15, 0.2) is 0 Å². The van der Waals surface area contributed by atoms with Crippen molar-refractivity contribution < 1.29 is 9.59 Å². The van der Waals surface area contributed by atoms with Crippen molar-refractivity contribution in [3.05, 3.63) is 64.6 Å². The number of anilines is 1. The van der Waals surface area contributed by atoms with Gasteiger partial charge < -0.3 is 15.6 Å². The van der Waals surface area contributed by atoms with E-state index in [1.807, 2.05) is 13.8 Å². The zero-order valence-corrected chi connectivity index (χ0v) is 20.0. The molecule has 3 heterocycles. The number of carbonyl (C=O) groups is 2. The predicted molar refractivity (Wildman–Crippen MR) is 130 cm³/mol. The van der Waals surface area contributed by atoms with Crippen LogP contribution < -0.4 is 16.2 Å². The molecule has 2 aliphatic carbocycles. The molecule has 35 heavy (non-hydrogen) atoms. The van der Waals surface area contributed by atoms with Gasteiger partial charge in [0.25, 0.3) is 11.5 Å². The number of nitrogens with zero attached hydrogens (tertiary/aromatic N) is 4. The minimum atomic E-state index is -0.640. The Morgan fingerprint density at radius 1 is 1.14 bits per heavy atom. The fourth-order valence-corrected chi connectivity index (χ4v) is 4.84. The molecule has 10 nitrogen and oxygen atoms in total. The molecule has 0 saturated heterocycles. The van der Waals surface area contributed by atoms with Crippen LogP contribution in [-0.4, -0.2) is 42.4 Å². The van der Waals surface area contributed by atoms with E-state index in [2.05, 4.69) is 25.8 Å². The molecule has 0 unspecified atom stereocenters. The number of aromatic amines is 1. The van der Waals surface area contributed by atoms with Crippen molar-refractivity contribution in [2.24, 2.45) is 17.8 Å². The third-order valence-corrected chi connectivity index (χ3v) is 6.81. The van der Waals surface area contributed by atoms with Crippen molar-refractivity contribution in [1.82, 2.24) is 29.9 Å². The van der Waals surface area contributed by atoms with Gasteiger partial charge in [-0.15, -0.1) is 0 Å². The molecular weight excluding hydrogens is 446 g/mol. The second-order valence-electron chi connectivity index (χ2n) is 9.90. The van der Waals surface area contributed by atoms with Gasteiger partial charge in [-0.25, -0.2) is 0 Å². The van der Waals surface area contributed by atoms with Gasteiger partial charge >= 0.3 is 0 Å². The van der Waals surface area contributed by atoms with Crippen molar-refractivity contribution >= 4 is 17.5 Å². The lowest BCUT2D eigenvalue weighted by Gasteiger charge is -2.27. The summed E-state index contributed by atoms with van der Waals surface area (Å²) < 4.78 is 3.27. The SMILES string of the molecule is CC(C)n1nccc1C(=O)N[C@H](C(=O)Nc1cnn(Cc2ccc[nH]c2=O)c1)C(C1CC1)C1CC1. The summed E-state index contributed by atoms with van der Waals surface area (Å²) in [6.07, 6.45) is 10.8. The van der Waals surface area contributed by atoms with Crippen molar-refractivity contribution in [3.8, 4) is 0 Å². The summed E-state index contributed by atoms with van der Waals surface area (Å²) >= 11 is 0. The normalized spacial score (nSPS) is 16.5. The Labute approximate surface area is 203 Å². The Morgan fingerprint density at radius 2 is 1.89 bits per heavy atom. The number of hydrogen-bond donors (Lipinski definition) is 3. The molecule has 3 aromatic heterocycles. The summed E-state index contributed by atoms with van der Waals surface area (Å²) in [5, 5.41) is 14.5. The molecule has 0 bridgehead atoms. The van der Waals surface area contributed by atoms with Crippen molar-refractivity contribution in [3.63, 3.8) is 0 Å². The summed E-state index contributed by atoms with van der Waals surface area (Å²) in [7, 11) is 0. The Bertz CT molecular complexity index is 1250. The van der Waals surface area contributed by atoms with Crippen LogP contribution in [0.2, 0.25) is 0 Å². The Morgan fingerprint density at radius 3 is 2.54 bits per heavy atom. The van der Waals surface area contributed by atoms with Gasteiger partial charge in [-0.2, -0.15) is 10.2 Å². The van der Waals surface area contributed by atoms with Crippen LogP contribution in [0.25, 0.3) is 0 Å². The van der Waals surface area contributed by atoms with Gasteiger partial charge in [-0.3, -0.25) is 23.7 Å². The molecule has 1 atom stereocenters. The van der Waals surface area contributed by atoms with Crippen molar-refractivity contribution in [1.29, 1.82) is 0 Å².